The number of fused-ring (bicyclic) bond motifs is 1. The van der Waals surface area contributed by atoms with Crippen LogP contribution in [0.2, 0.25) is 5.02 Å². The molecule has 0 heterocycles. The Hall–Kier alpha value is -2.92. The molecule has 0 atom stereocenters. The molecule has 0 bridgehead atoms. The Morgan fingerprint density at radius 3 is 2.50 bits per heavy atom. The molecule has 3 aromatic rings. The van der Waals surface area contributed by atoms with Crippen molar-refractivity contribution in [2.75, 3.05) is 5.32 Å². The van der Waals surface area contributed by atoms with Crippen LogP contribution in [-0.4, -0.2) is 10.8 Å². The number of carbonyl (C=O) groups excluding carboxylic acids is 1. The number of aryl methyl sites for hydroxylation is 1. The average molecular weight is 341 g/mol. The summed E-state index contributed by atoms with van der Waals surface area (Å²) in [5, 5.41) is 15.6. The number of hydrogen-bond acceptors (Lipinski definition) is 3. The number of nitrogens with one attached hydrogen (secondary N) is 1. The summed E-state index contributed by atoms with van der Waals surface area (Å²) in [6, 6.07) is 15.1. The van der Waals surface area contributed by atoms with Gasteiger partial charge in [-0.1, -0.05) is 41.9 Å². The molecule has 0 fully saturated rings. The van der Waals surface area contributed by atoms with E-state index in [0.29, 0.717) is 5.56 Å². The summed E-state index contributed by atoms with van der Waals surface area (Å²) < 4.78 is 0. The van der Waals surface area contributed by atoms with E-state index >= 15 is 0 Å². The number of benzene rings is 3. The third-order valence-corrected chi connectivity index (χ3v) is 4.13. The monoisotopic (exact) mass is 340 g/mol. The molecule has 0 saturated carbocycles. The molecule has 1 amide bonds. The number of halogens is 1. The smallest absolute Gasteiger partial charge is 0.271 e. The number of nitrogens with zero attached hydrogens (tertiary/aromatic N) is 1. The Bertz CT molecular complexity index is 970. The summed E-state index contributed by atoms with van der Waals surface area (Å²) in [7, 11) is 0. The van der Waals surface area contributed by atoms with E-state index in [2.05, 4.69) is 5.32 Å². The second-order valence-electron chi connectivity index (χ2n) is 5.35. The van der Waals surface area contributed by atoms with Crippen molar-refractivity contribution in [3.05, 3.63) is 80.9 Å². The summed E-state index contributed by atoms with van der Waals surface area (Å²) >= 11 is 6.04. The topological polar surface area (TPSA) is 72.2 Å². The van der Waals surface area contributed by atoms with Gasteiger partial charge in [0.25, 0.3) is 11.6 Å². The molecule has 120 valence electrons. The molecular weight excluding hydrogens is 328 g/mol. The van der Waals surface area contributed by atoms with Gasteiger partial charge >= 0.3 is 0 Å². The molecule has 0 aliphatic rings. The highest BCUT2D eigenvalue weighted by Crippen LogP contribution is 2.28. The third kappa shape index (κ3) is 2.94. The first-order valence-electron chi connectivity index (χ1n) is 7.21. The maximum Gasteiger partial charge on any atom is 0.271 e. The summed E-state index contributed by atoms with van der Waals surface area (Å²) in [5.74, 6) is -0.367. The zero-order valence-electron chi connectivity index (χ0n) is 12.7. The Balaban J connectivity index is 2.01. The SMILES string of the molecule is Cc1ccc(C(=O)Nc2cc([N+](=O)[O-])ccc2Cl)c2ccccc12. The van der Waals surface area contributed by atoms with Gasteiger partial charge in [-0.3, -0.25) is 14.9 Å². The quantitative estimate of drug-likeness (QED) is 0.541. The van der Waals surface area contributed by atoms with Crippen molar-refractivity contribution >= 4 is 39.7 Å². The normalized spacial score (nSPS) is 10.6. The first-order chi connectivity index (χ1) is 11.5. The van der Waals surface area contributed by atoms with Crippen molar-refractivity contribution in [2.45, 2.75) is 6.92 Å². The maximum absolute atomic E-state index is 12.6. The molecule has 3 aromatic carbocycles. The van der Waals surface area contributed by atoms with Crippen LogP contribution in [0.15, 0.2) is 54.6 Å². The van der Waals surface area contributed by atoms with Crippen molar-refractivity contribution in [2.24, 2.45) is 0 Å². The van der Waals surface area contributed by atoms with E-state index in [9.17, 15) is 14.9 Å². The molecule has 0 saturated heterocycles. The second-order valence-corrected chi connectivity index (χ2v) is 5.76. The Labute approximate surface area is 143 Å². The number of anilines is 1. The van der Waals surface area contributed by atoms with Gasteiger partial charge in [0.15, 0.2) is 0 Å². The minimum atomic E-state index is -0.534. The zero-order chi connectivity index (χ0) is 17.3. The molecule has 1 N–H and O–H groups in total. The number of carbonyl (C=O) groups is 1. The number of hydrogen-bond donors (Lipinski definition) is 1. The number of nitro benzene ring substituents is 1. The molecule has 6 heteroatoms. The Morgan fingerprint density at radius 1 is 1.08 bits per heavy atom. The average Bonchev–Trinajstić information content (AvgIpc) is 2.57. The zero-order valence-corrected chi connectivity index (χ0v) is 13.5. The van der Waals surface area contributed by atoms with Crippen LogP contribution in [0.1, 0.15) is 15.9 Å². The van der Waals surface area contributed by atoms with E-state index in [-0.39, 0.29) is 22.3 Å². The van der Waals surface area contributed by atoms with Gasteiger partial charge in [-0.05, 0) is 35.4 Å². The van der Waals surface area contributed by atoms with E-state index in [1.165, 1.54) is 18.2 Å². The lowest BCUT2D eigenvalue weighted by Crippen LogP contribution is -2.13. The van der Waals surface area contributed by atoms with E-state index in [1.54, 1.807) is 6.07 Å². The highest BCUT2D eigenvalue weighted by atomic mass is 35.5. The number of nitro groups is 1. The standard InChI is InChI=1S/C18H13ClN2O3/c1-11-6-8-15(14-5-3-2-4-13(11)14)18(22)20-17-10-12(21(23)24)7-9-16(17)19/h2-10H,1H3,(H,20,22). The van der Waals surface area contributed by atoms with Crippen LogP contribution in [0.3, 0.4) is 0 Å². The fourth-order valence-electron chi connectivity index (χ4n) is 2.56. The van der Waals surface area contributed by atoms with Gasteiger partial charge in [-0.2, -0.15) is 0 Å². The molecule has 3 rings (SSSR count). The molecule has 0 aliphatic heterocycles. The van der Waals surface area contributed by atoms with E-state index in [1.807, 2.05) is 37.3 Å². The van der Waals surface area contributed by atoms with Crippen molar-refractivity contribution in [3.8, 4) is 0 Å². The molecular formula is C18H13ClN2O3. The van der Waals surface area contributed by atoms with Crippen LogP contribution in [0.5, 0.6) is 0 Å². The number of non-ortho nitro benzene ring substituents is 1. The van der Waals surface area contributed by atoms with Crippen molar-refractivity contribution < 1.29 is 9.72 Å². The van der Waals surface area contributed by atoms with Crippen LogP contribution in [-0.2, 0) is 0 Å². The molecule has 0 aromatic heterocycles. The van der Waals surface area contributed by atoms with Crippen molar-refractivity contribution in [1.29, 1.82) is 0 Å². The van der Waals surface area contributed by atoms with E-state index in [0.717, 1.165) is 16.3 Å². The van der Waals surface area contributed by atoms with Crippen LogP contribution in [0, 0.1) is 17.0 Å². The first-order valence-corrected chi connectivity index (χ1v) is 7.59. The number of rotatable bonds is 3. The molecule has 0 radical (unpaired) electrons. The molecule has 24 heavy (non-hydrogen) atoms. The van der Waals surface area contributed by atoms with Crippen LogP contribution >= 0.6 is 11.6 Å². The van der Waals surface area contributed by atoms with Crippen LogP contribution < -0.4 is 5.32 Å². The molecule has 0 unspecified atom stereocenters. The van der Waals surface area contributed by atoms with E-state index in [4.69, 9.17) is 11.6 Å². The summed E-state index contributed by atoms with van der Waals surface area (Å²) in [4.78, 5) is 23.0. The fraction of sp³-hybridized carbons (Fsp3) is 0.0556. The van der Waals surface area contributed by atoms with Gasteiger partial charge in [0.05, 0.1) is 15.6 Å². The van der Waals surface area contributed by atoms with Crippen molar-refractivity contribution in [3.63, 3.8) is 0 Å². The Morgan fingerprint density at radius 2 is 1.79 bits per heavy atom. The summed E-state index contributed by atoms with van der Waals surface area (Å²) in [6.07, 6.45) is 0. The predicted molar refractivity (Wildman–Crippen MR) is 94.7 cm³/mol. The van der Waals surface area contributed by atoms with Gasteiger partial charge < -0.3 is 5.32 Å². The molecule has 0 aliphatic carbocycles. The van der Waals surface area contributed by atoms with Crippen molar-refractivity contribution in [1.82, 2.24) is 0 Å². The Kier molecular flexibility index (Phi) is 4.18. The highest BCUT2D eigenvalue weighted by Gasteiger charge is 2.15. The third-order valence-electron chi connectivity index (χ3n) is 3.80. The van der Waals surface area contributed by atoms with Crippen LogP contribution in [0.4, 0.5) is 11.4 Å². The minimum absolute atomic E-state index is 0.136. The molecule has 5 nitrogen and oxygen atoms in total. The first kappa shape index (κ1) is 16.0. The fourth-order valence-corrected chi connectivity index (χ4v) is 2.72. The number of amides is 1. The van der Waals surface area contributed by atoms with Crippen LogP contribution in [0.25, 0.3) is 10.8 Å². The lowest BCUT2D eigenvalue weighted by molar-refractivity contribution is -0.384. The van der Waals surface area contributed by atoms with Gasteiger partial charge in [0.2, 0.25) is 0 Å². The highest BCUT2D eigenvalue weighted by molar-refractivity contribution is 6.34. The van der Waals surface area contributed by atoms with Gasteiger partial charge in [-0.25, -0.2) is 0 Å². The van der Waals surface area contributed by atoms with E-state index < -0.39 is 4.92 Å². The minimum Gasteiger partial charge on any atom is -0.320 e. The summed E-state index contributed by atoms with van der Waals surface area (Å²) in [5.41, 5.74) is 1.62. The van der Waals surface area contributed by atoms with Gasteiger partial charge in [0.1, 0.15) is 0 Å². The predicted octanol–water partition coefficient (Wildman–Crippen LogP) is 4.96. The summed E-state index contributed by atoms with van der Waals surface area (Å²) in [6.45, 7) is 1.97. The lowest BCUT2D eigenvalue weighted by Gasteiger charge is -2.11. The molecule has 0 spiro atoms. The lowest BCUT2D eigenvalue weighted by atomic mass is 10.00. The second kappa shape index (κ2) is 6.29. The van der Waals surface area contributed by atoms with Gasteiger partial charge in [0, 0.05) is 17.7 Å². The largest absolute Gasteiger partial charge is 0.320 e. The van der Waals surface area contributed by atoms with Gasteiger partial charge in [-0.15, -0.1) is 0 Å². The maximum atomic E-state index is 12.6.